The fourth-order valence-corrected chi connectivity index (χ4v) is 2.62. The first kappa shape index (κ1) is 8.98. The summed E-state index contributed by atoms with van der Waals surface area (Å²) in [6.45, 7) is 2.29. The van der Waals surface area contributed by atoms with Gasteiger partial charge in [-0.05, 0) is 30.5 Å². The summed E-state index contributed by atoms with van der Waals surface area (Å²) in [7, 11) is 2.13. The number of fused-ring (bicyclic) bond motifs is 1. The van der Waals surface area contributed by atoms with Crippen molar-refractivity contribution in [3.8, 4) is 0 Å². The van der Waals surface area contributed by atoms with Gasteiger partial charge in [0.2, 0.25) is 0 Å². The molecule has 0 saturated carbocycles. The van der Waals surface area contributed by atoms with Crippen LogP contribution in [0.15, 0.2) is 30.5 Å². The number of benzene rings is 1. The zero-order valence-corrected chi connectivity index (χ0v) is 9.03. The summed E-state index contributed by atoms with van der Waals surface area (Å²) in [5.41, 5.74) is 2.86. The smallest absolute Gasteiger partial charge is 0.0480 e. The van der Waals surface area contributed by atoms with Crippen LogP contribution in [0.2, 0.25) is 0 Å². The van der Waals surface area contributed by atoms with Crippen molar-refractivity contribution >= 4 is 10.9 Å². The molecule has 1 aliphatic heterocycles. The van der Waals surface area contributed by atoms with E-state index in [0.717, 1.165) is 13.1 Å². The maximum absolute atomic E-state index is 3.44. The topological polar surface area (TPSA) is 17.0 Å². The Hall–Kier alpha value is -1.28. The van der Waals surface area contributed by atoms with Gasteiger partial charge in [-0.2, -0.15) is 0 Å². The standard InChI is InChI=1S/C13H16N2/c1-15-9-12(10-6-7-14-8-10)11-4-2-3-5-13(11)15/h2-5,9-10,14H,6-8H2,1H3/t10-/m0/s1. The third-order valence-electron chi connectivity index (χ3n) is 3.43. The van der Waals surface area contributed by atoms with Gasteiger partial charge in [-0.1, -0.05) is 18.2 Å². The summed E-state index contributed by atoms with van der Waals surface area (Å²) in [6, 6.07) is 8.68. The highest BCUT2D eigenvalue weighted by Crippen LogP contribution is 2.30. The molecule has 15 heavy (non-hydrogen) atoms. The second-order valence-electron chi connectivity index (χ2n) is 4.40. The summed E-state index contributed by atoms with van der Waals surface area (Å²) >= 11 is 0. The normalized spacial score (nSPS) is 21.3. The van der Waals surface area contributed by atoms with E-state index in [2.05, 4.69) is 47.4 Å². The zero-order chi connectivity index (χ0) is 10.3. The molecule has 1 aromatic heterocycles. The predicted octanol–water partition coefficient (Wildman–Crippen LogP) is 2.26. The lowest BCUT2D eigenvalue weighted by Gasteiger charge is -2.05. The second-order valence-corrected chi connectivity index (χ2v) is 4.40. The number of hydrogen-bond acceptors (Lipinski definition) is 1. The van der Waals surface area contributed by atoms with Crippen molar-refractivity contribution in [2.75, 3.05) is 13.1 Å². The van der Waals surface area contributed by atoms with Crippen molar-refractivity contribution in [1.82, 2.24) is 9.88 Å². The first-order valence-corrected chi connectivity index (χ1v) is 5.61. The fraction of sp³-hybridized carbons (Fsp3) is 0.385. The van der Waals surface area contributed by atoms with Gasteiger partial charge in [0.25, 0.3) is 0 Å². The Kier molecular flexibility index (Phi) is 2.03. The van der Waals surface area contributed by atoms with Crippen LogP contribution >= 0.6 is 0 Å². The van der Waals surface area contributed by atoms with E-state index in [1.165, 1.54) is 22.9 Å². The molecule has 1 N–H and O–H groups in total. The third kappa shape index (κ3) is 1.37. The molecular formula is C13H16N2. The summed E-state index contributed by atoms with van der Waals surface area (Å²) in [4.78, 5) is 0. The Labute approximate surface area is 89.9 Å². The van der Waals surface area contributed by atoms with Crippen molar-refractivity contribution in [1.29, 1.82) is 0 Å². The molecule has 1 aromatic carbocycles. The number of nitrogens with one attached hydrogen (secondary N) is 1. The SMILES string of the molecule is Cn1cc([C@H]2CCNC2)c2ccccc21. The lowest BCUT2D eigenvalue weighted by molar-refractivity contribution is 0.763. The van der Waals surface area contributed by atoms with Gasteiger partial charge < -0.3 is 9.88 Å². The van der Waals surface area contributed by atoms with Crippen LogP contribution in [0.1, 0.15) is 17.9 Å². The average Bonchev–Trinajstić information content (AvgIpc) is 2.87. The molecule has 2 heterocycles. The van der Waals surface area contributed by atoms with Crippen molar-refractivity contribution < 1.29 is 0 Å². The van der Waals surface area contributed by atoms with Crippen LogP contribution in [-0.4, -0.2) is 17.7 Å². The van der Waals surface area contributed by atoms with Crippen molar-refractivity contribution in [2.45, 2.75) is 12.3 Å². The van der Waals surface area contributed by atoms with E-state index >= 15 is 0 Å². The minimum Gasteiger partial charge on any atom is -0.350 e. The van der Waals surface area contributed by atoms with Crippen LogP contribution in [0.4, 0.5) is 0 Å². The van der Waals surface area contributed by atoms with E-state index in [1.54, 1.807) is 0 Å². The molecule has 0 radical (unpaired) electrons. The molecule has 2 nitrogen and oxygen atoms in total. The van der Waals surface area contributed by atoms with E-state index in [0.29, 0.717) is 5.92 Å². The molecule has 0 spiro atoms. The van der Waals surface area contributed by atoms with E-state index in [-0.39, 0.29) is 0 Å². The summed E-state index contributed by atoms with van der Waals surface area (Å²) in [5, 5.41) is 4.86. The van der Waals surface area contributed by atoms with Crippen LogP contribution in [0.25, 0.3) is 10.9 Å². The van der Waals surface area contributed by atoms with Crippen LogP contribution in [-0.2, 0) is 7.05 Å². The highest BCUT2D eigenvalue weighted by atomic mass is 14.9. The third-order valence-corrected chi connectivity index (χ3v) is 3.43. The number of aryl methyl sites for hydroxylation is 1. The molecular weight excluding hydrogens is 184 g/mol. The molecule has 2 aromatic rings. The molecule has 0 bridgehead atoms. The highest BCUT2D eigenvalue weighted by Gasteiger charge is 2.20. The Morgan fingerprint density at radius 3 is 3.00 bits per heavy atom. The van der Waals surface area contributed by atoms with Crippen LogP contribution in [0.5, 0.6) is 0 Å². The van der Waals surface area contributed by atoms with Crippen molar-refractivity contribution in [3.05, 3.63) is 36.0 Å². The van der Waals surface area contributed by atoms with Gasteiger partial charge in [0.05, 0.1) is 0 Å². The second kappa shape index (κ2) is 3.38. The quantitative estimate of drug-likeness (QED) is 0.747. The molecule has 1 aliphatic rings. The summed E-state index contributed by atoms with van der Waals surface area (Å²) < 4.78 is 2.24. The Balaban J connectivity index is 2.17. The molecule has 0 amide bonds. The number of nitrogens with zero attached hydrogens (tertiary/aromatic N) is 1. The zero-order valence-electron chi connectivity index (χ0n) is 9.03. The van der Waals surface area contributed by atoms with Gasteiger partial charge in [-0.3, -0.25) is 0 Å². The first-order valence-electron chi connectivity index (χ1n) is 5.61. The van der Waals surface area contributed by atoms with Gasteiger partial charge in [-0.25, -0.2) is 0 Å². The molecule has 3 rings (SSSR count). The van der Waals surface area contributed by atoms with E-state index in [1.807, 2.05) is 0 Å². The van der Waals surface area contributed by atoms with Crippen LogP contribution < -0.4 is 5.32 Å². The minimum atomic E-state index is 0.705. The number of para-hydroxylation sites is 1. The van der Waals surface area contributed by atoms with Gasteiger partial charge in [-0.15, -0.1) is 0 Å². The Morgan fingerprint density at radius 2 is 2.20 bits per heavy atom. The minimum absolute atomic E-state index is 0.705. The number of hydrogen-bond donors (Lipinski definition) is 1. The Bertz CT molecular complexity index is 478. The molecule has 78 valence electrons. The van der Waals surface area contributed by atoms with Crippen molar-refractivity contribution in [2.24, 2.45) is 7.05 Å². The monoisotopic (exact) mass is 200 g/mol. The molecule has 1 fully saturated rings. The maximum atomic E-state index is 3.44. The average molecular weight is 200 g/mol. The van der Waals surface area contributed by atoms with E-state index < -0.39 is 0 Å². The molecule has 0 aliphatic carbocycles. The fourth-order valence-electron chi connectivity index (χ4n) is 2.62. The van der Waals surface area contributed by atoms with Crippen LogP contribution in [0, 0.1) is 0 Å². The van der Waals surface area contributed by atoms with Gasteiger partial charge in [0.15, 0.2) is 0 Å². The largest absolute Gasteiger partial charge is 0.350 e. The Morgan fingerprint density at radius 1 is 1.33 bits per heavy atom. The number of rotatable bonds is 1. The number of aromatic nitrogens is 1. The lowest BCUT2D eigenvalue weighted by Crippen LogP contribution is -2.07. The van der Waals surface area contributed by atoms with Gasteiger partial charge >= 0.3 is 0 Å². The van der Waals surface area contributed by atoms with Crippen LogP contribution in [0.3, 0.4) is 0 Å². The first-order chi connectivity index (χ1) is 7.36. The van der Waals surface area contributed by atoms with E-state index in [4.69, 9.17) is 0 Å². The molecule has 2 heteroatoms. The van der Waals surface area contributed by atoms with E-state index in [9.17, 15) is 0 Å². The lowest BCUT2D eigenvalue weighted by atomic mass is 9.98. The molecule has 1 atom stereocenters. The van der Waals surface area contributed by atoms with Gasteiger partial charge in [0.1, 0.15) is 0 Å². The summed E-state index contributed by atoms with van der Waals surface area (Å²) in [6.07, 6.45) is 3.57. The predicted molar refractivity (Wildman–Crippen MR) is 63.1 cm³/mol. The molecule has 1 saturated heterocycles. The van der Waals surface area contributed by atoms with Gasteiger partial charge in [0, 0.05) is 30.7 Å². The maximum Gasteiger partial charge on any atom is 0.0480 e. The van der Waals surface area contributed by atoms with Crippen molar-refractivity contribution in [3.63, 3.8) is 0 Å². The highest BCUT2D eigenvalue weighted by molar-refractivity contribution is 5.84. The molecule has 0 unspecified atom stereocenters. The summed E-state index contributed by atoms with van der Waals surface area (Å²) in [5.74, 6) is 0.705.